The Morgan fingerprint density at radius 3 is 1.75 bits per heavy atom. The fourth-order valence-corrected chi connectivity index (χ4v) is 0.918. The van der Waals surface area contributed by atoms with E-state index < -0.39 is 9.84 Å². The van der Waals surface area contributed by atoms with E-state index in [1.807, 2.05) is 0 Å². The molecule has 0 amide bonds. The Kier molecular flexibility index (Phi) is 11.8. The van der Waals surface area contributed by atoms with E-state index in [0.29, 0.717) is 0 Å². The second kappa shape index (κ2) is 9.52. The molecule has 0 radical (unpaired) electrons. The molecule has 0 unspecified atom stereocenters. The molecule has 0 aliphatic rings. The number of hydrogen-bond acceptors (Lipinski definition) is 2. The van der Waals surface area contributed by atoms with Gasteiger partial charge in [-0.25, -0.2) is 8.42 Å². The zero-order chi connectivity index (χ0) is 10.0. The van der Waals surface area contributed by atoms with E-state index >= 15 is 0 Å². The lowest BCUT2D eigenvalue weighted by Gasteiger charge is -1.89. The molecule has 0 aromatic carbocycles. The molecular formula is C8H19BrO2S. The van der Waals surface area contributed by atoms with Crippen LogP contribution < -0.4 is 0 Å². The Hall–Kier alpha value is 0.430. The zero-order valence-electron chi connectivity index (χ0n) is 8.14. The van der Waals surface area contributed by atoms with Crippen molar-refractivity contribution in [1.29, 1.82) is 0 Å². The highest BCUT2D eigenvalue weighted by Gasteiger charge is 1.81. The SMILES string of the molecule is CCCCCCBr.CS(C)(=O)=O. The molecule has 0 saturated heterocycles. The summed E-state index contributed by atoms with van der Waals surface area (Å²) in [6.45, 7) is 2.23. The molecule has 0 aliphatic heterocycles. The average Bonchev–Trinajstić information content (AvgIpc) is 1.85. The maximum Gasteiger partial charge on any atom is 0.144 e. The van der Waals surface area contributed by atoms with Crippen molar-refractivity contribution in [2.24, 2.45) is 0 Å². The summed E-state index contributed by atoms with van der Waals surface area (Å²) in [5.74, 6) is 0. The number of hydrogen-bond donors (Lipinski definition) is 0. The maximum absolute atomic E-state index is 9.63. The molecule has 76 valence electrons. The fraction of sp³-hybridized carbons (Fsp3) is 1.00. The topological polar surface area (TPSA) is 34.1 Å². The second-order valence-corrected chi connectivity index (χ2v) is 5.97. The molecule has 4 heteroatoms. The molecule has 0 aromatic heterocycles. The largest absolute Gasteiger partial charge is 0.229 e. The molecule has 0 rings (SSSR count). The molecule has 0 atom stereocenters. The van der Waals surface area contributed by atoms with Gasteiger partial charge < -0.3 is 0 Å². The number of rotatable bonds is 4. The molecule has 0 aliphatic carbocycles. The Morgan fingerprint density at radius 2 is 1.50 bits per heavy atom. The predicted molar refractivity (Wildman–Crippen MR) is 58.7 cm³/mol. The summed E-state index contributed by atoms with van der Waals surface area (Å²) < 4.78 is 19.3. The van der Waals surface area contributed by atoms with E-state index in [0.717, 1.165) is 12.5 Å². The zero-order valence-corrected chi connectivity index (χ0v) is 10.5. The van der Waals surface area contributed by atoms with E-state index in [9.17, 15) is 8.42 Å². The third kappa shape index (κ3) is 47.3. The lowest BCUT2D eigenvalue weighted by atomic mass is 10.2. The van der Waals surface area contributed by atoms with Crippen LogP contribution in [-0.4, -0.2) is 26.3 Å². The predicted octanol–water partition coefficient (Wildman–Crippen LogP) is 2.62. The van der Waals surface area contributed by atoms with Crippen molar-refractivity contribution < 1.29 is 8.42 Å². The molecule has 0 heterocycles. The van der Waals surface area contributed by atoms with E-state index in [1.54, 1.807) is 0 Å². The van der Waals surface area contributed by atoms with Gasteiger partial charge in [0.15, 0.2) is 0 Å². The lowest BCUT2D eigenvalue weighted by Crippen LogP contribution is -1.86. The van der Waals surface area contributed by atoms with Gasteiger partial charge in [0, 0.05) is 17.8 Å². The van der Waals surface area contributed by atoms with Gasteiger partial charge in [-0.15, -0.1) is 0 Å². The Bertz CT molecular complexity index is 152. The highest BCUT2D eigenvalue weighted by molar-refractivity contribution is 9.09. The molecule has 0 fully saturated rings. The van der Waals surface area contributed by atoms with E-state index in [4.69, 9.17) is 0 Å². The summed E-state index contributed by atoms with van der Waals surface area (Å²) in [4.78, 5) is 0. The minimum atomic E-state index is -2.67. The molecule has 0 aromatic rings. The summed E-state index contributed by atoms with van der Waals surface area (Å²) in [6.07, 6.45) is 7.79. The van der Waals surface area contributed by atoms with Crippen LogP contribution in [0, 0.1) is 0 Å². The monoisotopic (exact) mass is 258 g/mol. The van der Waals surface area contributed by atoms with Crippen molar-refractivity contribution in [3.8, 4) is 0 Å². The molecule has 0 bridgehead atoms. The second-order valence-electron chi connectivity index (χ2n) is 2.89. The summed E-state index contributed by atoms with van der Waals surface area (Å²) in [7, 11) is -2.67. The van der Waals surface area contributed by atoms with E-state index in [1.165, 1.54) is 31.0 Å². The van der Waals surface area contributed by atoms with Crippen molar-refractivity contribution in [2.75, 3.05) is 17.8 Å². The normalized spacial score (nSPS) is 10.3. The van der Waals surface area contributed by atoms with Crippen molar-refractivity contribution in [2.45, 2.75) is 32.6 Å². The standard InChI is InChI=1S/C6H13Br.C2H6O2S/c1-2-3-4-5-6-7;1-5(2,3)4/h2-6H2,1H3;1-2H3. The smallest absolute Gasteiger partial charge is 0.144 e. The quantitative estimate of drug-likeness (QED) is 0.574. The number of alkyl halides is 1. The maximum atomic E-state index is 9.63. The van der Waals surface area contributed by atoms with Crippen LogP contribution in [0.2, 0.25) is 0 Å². The van der Waals surface area contributed by atoms with Crippen LogP contribution in [0.25, 0.3) is 0 Å². The van der Waals surface area contributed by atoms with Gasteiger partial charge in [-0.3, -0.25) is 0 Å². The van der Waals surface area contributed by atoms with Gasteiger partial charge in [0.2, 0.25) is 0 Å². The third-order valence-corrected chi connectivity index (χ3v) is 1.55. The highest BCUT2D eigenvalue weighted by atomic mass is 79.9. The first-order chi connectivity index (χ1) is 5.41. The first kappa shape index (κ1) is 14.9. The van der Waals surface area contributed by atoms with E-state index in [-0.39, 0.29) is 0 Å². The Labute approximate surface area is 84.8 Å². The van der Waals surface area contributed by atoms with Crippen LogP contribution in [0.5, 0.6) is 0 Å². The van der Waals surface area contributed by atoms with Gasteiger partial charge in [0.05, 0.1) is 0 Å². The van der Waals surface area contributed by atoms with Crippen molar-refractivity contribution in [3.63, 3.8) is 0 Å². The average molecular weight is 259 g/mol. The van der Waals surface area contributed by atoms with Crippen LogP contribution in [0.15, 0.2) is 0 Å². The van der Waals surface area contributed by atoms with Crippen molar-refractivity contribution in [1.82, 2.24) is 0 Å². The Balaban J connectivity index is 0. The highest BCUT2D eigenvalue weighted by Crippen LogP contribution is 1.99. The van der Waals surface area contributed by atoms with Gasteiger partial charge in [0.25, 0.3) is 0 Å². The van der Waals surface area contributed by atoms with Crippen molar-refractivity contribution >= 4 is 25.8 Å². The summed E-state index contributed by atoms with van der Waals surface area (Å²) in [6, 6.07) is 0. The summed E-state index contributed by atoms with van der Waals surface area (Å²) >= 11 is 3.38. The lowest BCUT2D eigenvalue weighted by molar-refractivity contribution is 0.607. The van der Waals surface area contributed by atoms with Gasteiger partial charge in [-0.1, -0.05) is 42.1 Å². The first-order valence-corrected chi connectivity index (χ1v) is 7.55. The molecular weight excluding hydrogens is 240 g/mol. The van der Waals surface area contributed by atoms with E-state index in [2.05, 4.69) is 22.9 Å². The van der Waals surface area contributed by atoms with Crippen LogP contribution >= 0.6 is 15.9 Å². The van der Waals surface area contributed by atoms with Crippen LogP contribution in [-0.2, 0) is 9.84 Å². The minimum Gasteiger partial charge on any atom is -0.229 e. The van der Waals surface area contributed by atoms with Crippen LogP contribution in [0.3, 0.4) is 0 Å². The Morgan fingerprint density at radius 1 is 1.08 bits per heavy atom. The van der Waals surface area contributed by atoms with Gasteiger partial charge in [-0.2, -0.15) is 0 Å². The number of halogens is 1. The number of sulfone groups is 1. The molecule has 12 heavy (non-hydrogen) atoms. The fourth-order valence-electron chi connectivity index (χ4n) is 0.521. The summed E-state index contributed by atoms with van der Waals surface area (Å²) in [5.41, 5.74) is 0. The van der Waals surface area contributed by atoms with Crippen molar-refractivity contribution in [3.05, 3.63) is 0 Å². The third-order valence-electron chi connectivity index (χ3n) is 0.987. The van der Waals surface area contributed by atoms with Crippen LogP contribution in [0.1, 0.15) is 32.6 Å². The molecule has 2 nitrogen and oxygen atoms in total. The molecule has 0 saturated carbocycles. The number of unbranched alkanes of at least 4 members (excludes halogenated alkanes) is 3. The molecule has 0 spiro atoms. The van der Waals surface area contributed by atoms with Gasteiger partial charge in [-0.05, 0) is 6.42 Å². The van der Waals surface area contributed by atoms with Gasteiger partial charge >= 0.3 is 0 Å². The van der Waals surface area contributed by atoms with Crippen LogP contribution in [0.4, 0.5) is 0 Å². The summed E-state index contributed by atoms with van der Waals surface area (Å²) in [5, 5.41) is 1.17. The first-order valence-electron chi connectivity index (χ1n) is 4.12. The van der Waals surface area contributed by atoms with Gasteiger partial charge in [0.1, 0.15) is 9.84 Å². The minimum absolute atomic E-state index is 1.16. The molecule has 0 N–H and O–H groups in total.